The van der Waals surface area contributed by atoms with E-state index in [4.69, 9.17) is 4.74 Å². The van der Waals surface area contributed by atoms with Crippen LogP contribution in [0.5, 0.6) is 5.75 Å². The molecule has 4 rings (SSSR count). The molecule has 0 saturated carbocycles. The van der Waals surface area contributed by atoms with Gasteiger partial charge in [-0.15, -0.1) is 0 Å². The number of nitrogens with one attached hydrogen (secondary N) is 1. The number of aromatic hydroxyl groups is 1. The second-order valence-electron chi connectivity index (χ2n) is 6.00. The standard InChI is InChI=1S/C21H17NO3/c23-15-11-9-14(10-12-15)22-21(24)25-13-20-18-7-3-1-5-16(18)17-6-2-4-8-19(17)20/h1-12,20,23H,13H2,(H,22,24). The Hall–Kier alpha value is -3.27. The van der Waals surface area contributed by atoms with Crippen molar-refractivity contribution in [1.29, 1.82) is 0 Å². The van der Waals surface area contributed by atoms with E-state index < -0.39 is 6.09 Å². The zero-order chi connectivity index (χ0) is 17.2. The van der Waals surface area contributed by atoms with Crippen LogP contribution in [-0.4, -0.2) is 17.8 Å². The Labute approximate surface area is 145 Å². The second-order valence-corrected chi connectivity index (χ2v) is 6.00. The SMILES string of the molecule is O=C(Nc1ccc(O)cc1)OCC1c2ccccc2-c2ccccc21. The number of fused-ring (bicyclic) bond motifs is 3. The largest absolute Gasteiger partial charge is 0.508 e. The lowest BCUT2D eigenvalue weighted by molar-refractivity contribution is 0.158. The van der Waals surface area contributed by atoms with Crippen LogP contribution in [0.3, 0.4) is 0 Å². The van der Waals surface area contributed by atoms with Crippen molar-refractivity contribution < 1.29 is 14.6 Å². The predicted octanol–water partition coefficient (Wildman–Crippen LogP) is 4.75. The Bertz CT molecular complexity index is 873. The third-order valence-corrected chi connectivity index (χ3v) is 4.46. The van der Waals surface area contributed by atoms with Crippen molar-refractivity contribution in [3.05, 3.63) is 83.9 Å². The van der Waals surface area contributed by atoms with Gasteiger partial charge < -0.3 is 9.84 Å². The summed E-state index contributed by atoms with van der Waals surface area (Å²) in [6.45, 7) is 0.276. The summed E-state index contributed by atoms with van der Waals surface area (Å²) in [6, 6.07) is 22.7. The highest BCUT2D eigenvalue weighted by atomic mass is 16.5. The Morgan fingerprint density at radius 2 is 1.44 bits per heavy atom. The van der Waals surface area contributed by atoms with E-state index in [2.05, 4.69) is 29.6 Å². The Kier molecular flexibility index (Phi) is 3.86. The zero-order valence-corrected chi connectivity index (χ0v) is 13.5. The maximum Gasteiger partial charge on any atom is 0.411 e. The van der Waals surface area contributed by atoms with Gasteiger partial charge in [-0.2, -0.15) is 0 Å². The highest BCUT2D eigenvalue weighted by Crippen LogP contribution is 2.44. The molecule has 1 aliphatic rings. The molecule has 3 aromatic rings. The first-order valence-corrected chi connectivity index (χ1v) is 8.13. The van der Waals surface area contributed by atoms with Gasteiger partial charge in [-0.3, -0.25) is 5.32 Å². The molecule has 0 fully saturated rings. The molecule has 3 aromatic carbocycles. The monoisotopic (exact) mass is 331 g/mol. The van der Waals surface area contributed by atoms with Gasteiger partial charge >= 0.3 is 6.09 Å². The minimum absolute atomic E-state index is 0.0398. The topological polar surface area (TPSA) is 58.6 Å². The first kappa shape index (κ1) is 15.3. The summed E-state index contributed by atoms with van der Waals surface area (Å²) >= 11 is 0. The van der Waals surface area contributed by atoms with Gasteiger partial charge in [0.15, 0.2) is 0 Å². The fourth-order valence-corrected chi connectivity index (χ4v) is 3.30. The molecule has 0 unspecified atom stereocenters. The maximum atomic E-state index is 12.1. The molecular weight excluding hydrogens is 314 g/mol. The minimum Gasteiger partial charge on any atom is -0.508 e. The van der Waals surface area contributed by atoms with Gasteiger partial charge in [0.05, 0.1) is 0 Å². The number of benzene rings is 3. The van der Waals surface area contributed by atoms with E-state index in [-0.39, 0.29) is 18.3 Å². The van der Waals surface area contributed by atoms with Crippen LogP contribution in [0.1, 0.15) is 17.0 Å². The van der Waals surface area contributed by atoms with Crippen LogP contribution in [0.4, 0.5) is 10.5 Å². The predicted molar refractivity (Wildman–Crippen MR) is 96.8 cm³/mol. The molecule has 0 bridgehead atoms. The molecule has 0 saturated heterocycles. The van der Waals surface area contributed by atoms with E-state index in [0.717, 1.165) is 0 Å². The number of anilines is 1. The van der Waals surface area contributed by atoms with E-state index in [1.165, 1.54) is 34.4 Å². The number of phenolic OH excluding ortho intramolecular Hbond substituents is 1. The lowest BCUT2D eigenvalue weighted by Crippen LogP contribution is -2.17. The average molecular weight is 331 g/mol. The van der Waals surface area contributed by atoms with Gasteiger partial charge in [-0.05, 0) is 46.5 Å². The van der Waals surface area contributed by atoms with Crippen LogP contribution in [-0.2, 0) is 4.74 Å². The number of rotatable bonds is 3. The number of hydrogen-bond acceptors (Lipinski definition) is 3. The van der Waals surface area contributed by atoms with E-state index in [9.17, 15) is 9.90 Å². The Morgan fingerprint density at radius 1 is 0.880 bits per heavy atom. The van der Waals surface area contributed by atoms with E-state index in [1.807, 2.05) is 24.3 Å². The summed E-state index contributed by atoms with van der Waals surface area (Å²) in [6.07, 6.45) is -0.507. The quantitative estimate of drug-likeness (QED) is 0.681. The van der Waals surface area contributed by atoms with E-state index in [1.54, 1.807) is 12.1 Å². The molecule has 0 radical (unpaired) electrons. The number of carbonyl (C=O) groups is 1. The normalized spacial score (nSPS) is 12.3. The molecule has 0 spiro atoms. The van der Waals surface area contributed by atoms with Crippen LogP contribution >= 0.6 is 0 Å². The van der Waals surface area contributed by atoms with Crippen molar-refractivity contribution in [3.8, 4) is 16.9 Å². The van der Waals surface area contributed by atoms with Crippen LogP contribution in [0.15, 0.2) is 72.8 Å². The van der Waals surface area contributed by atoms with Gasteiger partial charge in [0.2, 0.25) is 0 Å². The first-order valence-electron chi connectivity index (χ1n) is 8.13. The molecule has 0 heterocycles. The number of amides is 1. The van der Waals surface area contributed by atoms with Crippen molar-refractivity contribution in [2.45, 2.75) is 5.92 Å². The van der Waals surface area contributed by atoms with Gasteiger partial charge in [-0.25, -0.2) is 4.79 Å². The summed E-state index contributed by atoms with van der Waals surface area (Å²) < 4.78 is 5.46. The van der Waals surface area contributed by atoms with Crippen LogP contribution in [0.2, 0.25) is 0 Å². The first-order chi connectivity index (χ1) is 12.2. The van der Waals surface area contributed by atoms with Gasteiger partial charge in [0.1, 0.15) is 12.4 Å². The smallest absolute Gasteiger partial charge is 0.411 e. The molecule has 0 atom stereocenters. The van der Waals surface area contributed by atoms with Gasteiger partial charge in [-0.1, -0.05) is 48.5 Å². The Balaban J connectivity index is 1.49. The fourth-order valence-electron chi connectivity index (χ4n) is 3.30. The highest BCUT2D eigenvalue weighted by molar-refractivity contribution is 5.85. The molecule has 1 aliphatic carbocycles. The number of ether oxygens (including phenoxy) is 1. The number of carbonyl (C=O) groups excluding carboxylic acids is 1. The third-order valence-electron chi connectivity index (χ3n) is 4.46. The van der Waals surface area contributed by atoms with E-state index in [0.29, 0.717) is 5.69 Å². The van der Waals surface area contributed by atoms with Crippen molar-refractivity contribution in [3.63, 3.8) is 0 Å². The molecule has 124 valence electrons. The van der Waals surface area contributed by atoms with Gasteiger partial charge in [0.25, 0.3) is 0 Å². The molecular formula is C21H17NO3. The minimum atomic E-state index is -0.507. The van der Waals surface area contributed by atoms with Crippen LogP contribution in [0.25, 0.3) is 11.1 Å². The lowest BCUT2D eigenvalue weighted by atomic mass is 9.98. The van der Waals surface area contributed by atoms with Gasteiger partial charge in [0, 0.05) is 11.6 Å². The maximum absolute atomic E-state index is 12.1. The molecule has 4 heteroatoms. The van der Waals surface area contributed by atoms with Crippen molar-refractivity contribution in [1.82, 2.24) is 0 Å². The summed E-state index contributed by atoms with van der Waals surface area (Å²) in [7, 11) is 0. The molecule has 4 nitrogen and oxygen atoms in total. The fraction of sp³-hybridized carbons (Fsp3) is 0.0952. The van der Waals surface area contributed by atoms with Crippen molar-refractivity contribution in [2.75, 3.05) is 11.9 Å². The van der Waals surface area contributed by atoms with Crippen molar-refractivity contribution >= 4 is 11.8 Å². The summed E-state index contributed by atoms with van der Waals surface area (Å²) in [5.41, 5.74) is 5.34. The summed E-state index contributed by atoms with van der Waals surface area (Å²) in [5, 5.41) is 11.9. The number of hydrogen-bond donors (Lipinski definition) is 2. The Morgan fingerprint density at radius 3 is 2.04 bits per heavy atom. The zero-order valence-electron chi connectivity index (χ0n) is 13.5. The summed E-state index contributed by atoms with van der Waals surface area (Å²) in [5.74, 6) is 0.191. The van der Waals surface area contributed by atoms with Crippen LogP contribution < -0.4 is 5.32 Å². The molecule has 0 aromatic heterocycles. The summed E-state index contributed by atoms with van der Waals surface area (Å²) in [4.78, 5) is 12.1. The van der Waals surface area contributed by atoms with Crippen molar-refractivity contribution in [2.24, 2.45) is 0 Å². The molecule has 1 amide bonds. The lowest BCUT2D eigenvalue weighted by Gasteiger charge is -2.14. The third kappa shape index (κ3) is 2.94. The molecule has 25 heavy (non-hydrogen) atoms. The number of phenols is 1. The average Bonchev–Trinajstić information content (AvgIpc) is 2.96. The molecule has 2 N–H and O–H groups in total. The molecule has 0 aliphatic heterocycles. The van der Waals surface area contributed by atoms with Crippen LogP contribution in [0, 0.1) is 0 Å². The van der Waals surface area contributed by atoms with E-state index >= 15 is 0 Å². The second kappa shape index (κ2) is 6.32. The highest BCUT2D eigenvalue weighted by Gasteiger charge is 2.28.